The highest BCUT2D eigenvalue weighted by molar-refractivity contribution is 9.10. The molecule has 3 nitrogen and oxygen atoms in total. The first-order valence-corrected chi connectivity index (χ1v) is 7.43. The maximum atomic E-state index is 14.1. The zero-order chi connectivity index (χ0) is 15.0. The van der Waals surface area contributed by atoms with E-state index < -0.39 is 6.10 Å². The number of rotatable bonds is 2. The molecule has 0 aliphatic carbocycles. The molecule has 1 heterocycles. The summed E-state index contributed by atoms with van der Waals surface area (Å²) in [5, 5.41) is 0. The third kappa shape index (κ3) is 2.76. The van der Waals surface area contributed by atoms with Gasteiger partial charge in [-0.25, -0.2) is 4.39 Å². The second-order valence-electron chi connectivity index (χ2n) is 5.02. The Morgan fingerprint density at radius 1 is 1.24 bits per heavy atom. The van der Waals surface area contributed by atoms with Gasteiger partial charge in [-0.1, -0.05) is 28.1 Å². The first-order chi connectivity index (χ1) is 10.1. The van der Waals surface area contributed by atoms with Gasteiger partial charge in [0.2, 0.25) is 0 Å². The fourth-order valence-corrected chi connectivity index (χ4v) is 2.90. The fraction of sp³-hybridized carbons (Fsp3) is 0.250. The van der Waals surface area contributed by atoms with Gasteiger partial charge in [0.15, 0.2) is 0 Å². The third-order valence-corrected chi connectivity index (χ3v) is 4.16. The van der Waals surface area contributed by atoms with Crippen LogP contribution in [-0.4, -0.2) is 7.11 Å². The number of ether oxygens (including phenoxy) is 2. The van der Waals surface area contributed by atoms with E-state index in [9.17, 15) is 4.39 Å². The quantitative estimate of drug-likeness (QED) is 0.884. The zero-order valence-electron chi connectivity index (χ0n) is 11.5. The largest absolute Gasteiger partial charge is 0.497 e. The van der Waals surface area contributed by atoms with Gasteiger partial charge in [-0.2, -0.15) is 0 Å². The lowest BCUT2D eigenvalue weighted by molar-refractivity contribution is 0.156. The molecule has 0 aromatic heterocycles. The predicted octanol–water partition coefficient (Wildman–Crippen LogP) is 4.12. The molecule has 0 radical (unpaired) electrons. The first-order valence-electron chi connectivity index (χ1n) is 6.63. The Kier molecular flexibility index (Phi) is 3.87. The molecule has 0 saturated carbocycles. The highest BCUT2D eigenvalue weighted by Crippen LogP contribution is 2.42. The van der Waals surface area contributed by atoms with Gasteiger partial charge in [0.05, 0.1) is 7.11 Å². The molecule has 2 aromatic rings. The second kappa shape index (κ2) is 5.66. The Morgan fingerprint density at radius 3 is 2.71 bits per heavy atom. The van der Waals surface area contributed by atoms with E-state index >= 15 is 0 Å². The molecule has 110 valence electrons. The van der Waals surface area contributed by atoms with E-state index in [0.717, 1.165) is 5.56 Å². The van der Waals surface area contributed by atoms with Crippen LogP contribution in [0.25, 0.3) is 0 Å². The SMILES string of the molecule is COc1ccc2c(c1)OC(c1ccc(Br)cc1F)C[C@@H]2N. The van der Waals surface area contributed by atoms with E-state index in [4.69, 9.17) is 15.2 Å². The average molecular weight is 352 g/mol. The first kappa shape index (κ1) is 14.4. The second-order valence-corrected chi connectivity index (χ2v) is 5.93. The van der Waals surface area contributed by atoms with Crippen molar-refractivity contribution in [2.75, 3.05) is 7.11 Å². The number of nitrogens with two attached hydrogens (primary N) is 1. The standard InChI is InChI=1S/C16H15BrFNO2/c1-20-10-3-5-12-14(19)8-16(21-15(12)7-10)11-4-2-9(17)6-13(11)18/h2-7,14,16H,8,19H2,1H3/t14-,16?/m0/s1. The molecule has 1 unspecified atom stereocenters. The van der Waals surface area contributed by atoms with Crippen molar-refractivity contribution in [3.63, 3.8) is 0 Å². The molecule has 0 bridgehead atoms. The molecule has 0 spiro atoms. The molecule has 3 rings (SSSR count). The average Bonchev–Trinajstić information content (AvgIpc) is 2.46. The summed E-state index contributed by atoms with van der Waals surface area (Å²) in [6, 6.07) is 10.3. The number of hydrogen-bond donors (Lipinski definition) is 1. The van der Waals surface area contributed by atoms with Gasteiger partial charge in [-0.3, -0.25) is 0 Å². The lowest BCUT2D eigenvalue weighted by Gasteiger charge is -2.31. The van der Waals surface area contributed by atoms with E-state index in [2.05, 4.69) is 15.9 Å². The molecular formula is C16H15BrFNO2. The molecule has 2 atom stereocenters. The lowest BCUT2D eigenvalue weighted by atomic mass is 9.93. The van der Waals surface area contributed by atoms with Gasteiger partial charge in [0.1, 0.15) is 23.4 Å². The molecule has 0 amide bonds. The van der Waals surface area contributed by atoms with Crippen LogP contribution in [0.1, 0.15) is 29.7 Å². The van der Waals surface area contributed by atoms with Crippen LogP contribution in [0.3, 0.4) is 0 Å². The normalized spacial score (nSPS) is 20.6. The van der Waals surface area contributed by atoms with Crippen LogP contribution in [0.5, 0.6) is 11.5 Å². The van der Waals surface area contributed by atoms with Crippen molar-refractivity contribution in [3.05, 3.63) is 57.8 Å². The fourth-order valence-electron chi connectivity index (χ4n) is 2.56. The summed E-state index contributed by atoms with van der Waals surface area (Å²) in [6.45, 7) is 0. The topological polar surface area (TPSA) is 44.5 Å². The molecule has 0 fully saturated rings. The Balaban J connectivity index is 1.96. The minimum Gasteiger partial charge on any atom is -0.497 e. The van der Waals surface area contributed by atoms with E-state index in [1.165, 1.54) is 6.07 Å². The lowest BCUT2D eigenvalue weighted by Crippen LogP contribution is -2.24. The Labute approximate surface area is 131 Å². The molecule has 1 aliphatic heterocycles. The van der Waals surface area contributed by atoms with Crippen LogP contribution in [0.2, 0.25) is 0 Å². The summed E-state index contributed by atoms with van der Waals surface area (Å²) in [4.78, 5) is 0. The summed E-state index contributed by atoms with van der Waals surface area (Å²) in [6.07, 6.45) is 0.144. The van der Waals surface area contributed by atoms with Crippen molar-refractivity contribution in [1.29, 1.82) is 0 Å². The molecule has 5 heteroatoms. The van der Waals surface area contributed by atoms with Crippen LogP contribution in [0, 0.1) is 5.82 Å². The number of fused-ring (bicyclic) bond motifs is 1. The van der Waals surface area contributed by atoms with Gasteiger partial charge >= 0.3 is 0 Å². The monoisotopic (exact) mass is 351 g/mol. The van der Waals surface area contributed by atoms with Crippen LogP contribution in [0.4, 0.5) is 4.39 Å². The third-order valence-electron chi connectivity index (χ3n) is 3.67. The zero-order valence-corrected chi connectivity index (χ0v) is 13.1. The number of benzene rings is 2. The highest BCUT2D eigenvalue weighted by Gasteiger charge is 2.29. The number of methoxy groups -OCH3 is 1. The predicted molar refractivity (Wildman–Crippen MR) is 82.0 cm³/mol. The molecule has 2 aromatic carbocycles. The van der Waals surface area contributed by atoms with Crippen LogP contribution in [-0.2, 0) is 0 Å². The highest BCUT2D eigenvalue weighted by atomic mass is 79.9. The van der Waals surface area contributed by atoms with Gasteiger partial charge in [-0.05, 0) is 18.2 Å². The van der Waals surface area contributed by atoms with Crippen LogP contribution >= 0.6 is 15.9 Å². The smallest absolute Gasteiger partial charge is 0.131 e. The van der Waals surface area contributed by atoms with E-state index in [0.29, 0.717) is 28.0 Å². The summed E-state index contributed by atoms with van der Waals surface area (Å²) < 4.78 is 25.9. The Hall–Kier alpha value is -1.59. The van der Waals surface area contributed by atoms with Crippen LogP contribution in [0.15, 0.2) is 40.9 Å². The van der Waals surface area contributed by atoms with Gasteiger partial charge in [-0.15, -0.1) is 0 Å². The maximum absolute atomic E-state index is 14.1. The Morgan fingerprint density at radius 2 is 2.00 bits per heavy atom. The molecule has 21 heavy (non-hydrogen) atoms. The summed E-state index contributed by atoms with van der Waals surface area (Å²) >= 11 is 3.25. The number of halogens is 2. The van der Waals surface area contributed by atoms with E-state index in [-0.39, 0.29) is 11.9 Å². The van der Waals surface area contributed by atoms with Crippen molar-refractivity contribution in [1.82, 2.24) is 0 Å². The molecule has 1 aliphatic rings. The number of hydrogen-bond acceptors (Lipinski definition) is 3. The van der Waals surface area contributed by atoms with Gasteiger partial charge in [0, 0.05) is 34.1 Å². The van der Waals surface area contributed by atoms with Crippen molar-refractivity contribution in [2.45, 2.75) is 18.6 Å². The van der Waals surface area contributed by atoms with Crippen molar-refractivity contribution in [2.24, 2.45) is 5.73 Å². The summed E-state index contributed by atoms with van der Waals surface area (Å²) in [7, 11) is 1.59. The van der Waals surface area contributed by atoms with Crippen molar-refractivity contribution < 1.29 is 13.9 Å². The van der Waals surface area contributed by atoms with E-state index in [1.807, 2.05) is 12.1 Å². The molecular weight excluding hydrogens is 337 g/mol. The minimum absolute atomic E-state index is 0.187. The van der Waals surface area contributed by atoms with E-state index in [1.54, 1.807) is 25.3 Å². The molecule has 2 N–H and O–H groups in total. The van der Waals surface area contributed by atoms with Gasteiger partial charge < -0.3 is 15.2 Å². The van der Waals surface area contributed by atoms with Crippen LogP contribution < -0.4 is 15.2 Å². The summed E-state index contributed by atoms with van der Waals surface area (Å²) in [5.74, 6) is 1.05. The Bertz CT molecular complexity index is 677. The van der Waals surface area contributed by atoms with Gasteiger partial charge in [0.25, 0.3) is 0 Å². The maximum Gasteiger partial charge on any atom is 0.131 e. The molecule has 0 saturated heterocycles. The van der Waals surface area contributed by atoms with Crippen molar-refractivity contribution >= 4 is 15.9 Å². The minimum atomic E-state index is -0.396. The van der Waals surface area contributed by atoms with Crippen molar-refractivity contribution in [3.8, 4) is 11.5 Å². The summed E-state index contributed by atoms with van der Waals surface area (Å²) in [5.41, 5.74) is 7.63.